The lowest BCUT2D eigenvalue weighted by atomic mass is 10.1. The highest BCUT2D eigenvalue weighted by atomic mass is 16.4. The Balaban J connectivity index is 0. The van der Waals surface area contributed by atoms with Crippen LogP contribution in [0.2, 0.25) is 0 Å². The molecule has 4 N–H and O–H groups in total. The first-order valence-corrected chi connectivity index (χ1v) is 12.1. The van der Waals surface area contributed by atoms with E-state index in [1.807, 2.05) is 0 Å². The van der Waals surface area contributed by atoms with Crippen LogP contribution in [-0.2, 0) is 19.2 Å². The Labute approximate surface area is 192 Å². The van der Waals surface area contributed by atoms with Crippen LogP contribution < -0.4 is 0 Å². The molecule has 0 aromatic carbocycles. The molecule has 0 unspecified atom stereocenters. The summed E-state index contributed by atoms with van der Waals surface area (Å²) in [6.45, 7) is 0. The molecule has 0 bridgehead atoms. The number of aliphatic carboxylic acids is 4. The number of carboxylic acid groups (broad SMARTS) is 4. The first kappa shape index (κ1) is 32.1. The predicted octanol–water partition coefficient (Wildman–Crippen LogP) is 6.11. The Morgan fingerprint density at radius 2 is 0.406 bits per heavy atom. The lowest BCUT2D eigenvalue weighted by Crippen LogP contribution is -1.94. The van der Waals surface area contributed by atoms with Crippen molar-refractivity contribution in [1.82, 2.24) is 0 Å². The Hall–Kier alpha value is -2.12. The molecule has 0 saturated heterocycles. The van der Waals surface area contributed by atoms with Crippen molar-refractivity contribution in [1.29, 1.82) is 0 Å². The number of carboxylic acids is 4. The van der Waals surface area contributed by atoms with Crippen molar-refractivity contribution in [2.75, 3.05) is 0 Å². The maximum Gasteiger partial charge on any atom is 0.303 e. The second-order valence-corrected chi connectivity index (χ2v) is 8.23. The van der Waals surface area contributed by atoms with Gasteiger partial charge in [0, 0.05) is 25.7 Å². The van der Waals surface area contributed by atoms with Gasteiger partial charge in [-0.2, -0.15) is 0 Å². The third-order valence-electron chi connectivity index (χ3n) is 5.06. The highest BCUT2D eigenvalue weighted by molar-refractivity contribution is 5.67. The van der Waals surface area contributed by atoms with Crippen LogP contribution >= 0.6 is 0 Å². The summed E-state index contributed by atoms with van der Waals surface area (Å²) in [5.74, 6) is -2.88. The minimum atomic E-state index is -0.740. The van der Waals surface area contributed by atoms with Gasteiger partial charge in [-0.1, -0.05) is 77.0 Å². The Kier molecular flexibility index (Phi) is 25.2. The van der Waals surface area contributed by atoms with E-state index in [4.69, 9.17) is 20.4 Å². The molecule has 0 fully saturated rings. The van der Waals surface area contributed by atoms with Gasteiger partial charge in [0.25, 0.3) is 0 Å². The molecule has 0 radical (unpaired) electrons. The van der Waals surface area contributed by atoms with E-state index in [1.54, 1.807) is 0 Å². The van der Waals surface area contributed by atoms with Crippen LogP contribution in [0.5, 0.6) is 0 Å². The zero-order valence-corrected chi connectivity index (χ0v) is 19.6. The molecule has 0 aliphatic carbocycles. The van der Waals surface area contributed by atoms with E-state index in [0.29, 0.717) is 12.8 Å². The first-order chi connectivity index (χ1) is 15.3. The first-order valence-electron chi connectivity index (χ1n) is 12.1. The molecule has 32 heavy (non-hydrogen) atoms. The topological polar surface area (TPSA) is 149 Å². The molecule has 0 spiro atoms. The van der Waals surface area contributed by atoms with Crippen LogP contribution in [0, 0.1) is 0 Å². The Morgan fingerprint density at radius 3 is 0.531 bits per heavy atom. The van der Waals surface area contributed by atoms with E-state index in [1.165, 1.54) is 25.7 Å². The fourth-order valence-corrected chi connectivity index (χ4v) is 3.23. The zero-order chi connectivity index (χ0) is 24.5. The van der Waals surface area contributed by atoms with Crippen molar-refractivity contribution < 1.29 is 39.6 Å². The molecular weight excluding hydrogens is 416 g/mol. The highest BCUT2D eigenvalue weighted by Gasteiger charge is 1.99. The Morgan fingerprint density at radius 1 is 0.281 bits per heavy atom. The quantitative estimate of drug-likeness (QED) is 0.141. The SMILES string of the molecule is O=C(O)CCCCCCCCC(=O)O.O=C(O)CCCCCCCCCCCCC(=O)O. The van der Waals surface area contributed by atoms with Crippen LogP contribution in [0.15, 0.2) is 0 Å². The van der Waals surface area contributed by atoms with Gasteiger partial charge in [0.2, 0.25) is 0 Å². The third kappa shape index (κ3) is 35.3. The van der Waals surface area contributed by atoms with E-state index in [9.17, 15) is 19.2 Å². The van der Waals surface area contributed by atoms with E-state index >= 15 is 0 Å². The number of carbonyl (C=O) groups is 4. The minimum absolute atomic E-state index is 0.245. The standard InChI is InChI=1S/C14H26O4.C10H18O4/c15-13(16)11-9-7-5-3-1-2-4-6-8-10-12-14(17)18;11-9(12)7-5-3-1-2-4-6-8-10(13)14/h1-12H2,(H,15,16)(H,17,18);1-8H2,(H,11,12)(H,13,14). The molecular formula is C24H44O8. The maximum atomic E-state index is 10.3. The molecule has 0 rings (SSSR count). The van der Waals surface area contributed by atoms with E-state index < -0.39 is 23.9 Å². The summed E-state index contributed by atoms with van der Waals surface area (Å²) >= 11 is 0. The van der Waals surface area contributed by atoms with Crippen LogP contribution in [0.3, 0.4) is 0 Å². The molecule has 0 aromatic rings. The van der Waals surface area contributed by atoms with Crippen LogP contribution in [0.1, 0.15) is 128 Å². The second-order valence-electron chi connectivity index (χ2n) is 8.23. The molecule has 8 heteroatoms. The maximum absolute atomic E-state index is 10.3. The fourth-order valence-electron chi connectivity index (χ4n) is 3.23. The average Bonchev–Trinajstić information content (AvgIpc) is 2.70. The van der Waals surface area contributed by atoms with Gasteiger partial charge in [0.05, 0.1) is 0 Å². The Bertz CT molecular complexity index is 446. The number of hydrogen-bond acceptors (Lipinski definition) is 4. The molecule has 8 nitrogen and oxygen atoms in total. The monoisotopic (exact) mass is 460 g/mol. The lowest BCUT2D eigenvalue weighted by molar-refractivity contribution is -0.138. The molecule has 0 amide bonds. The number of unbranched alkanes of at least 4 members (excludes halogenated alkanes) is 14. The van der Waals surface area contributed by atoms with Gasteiger partial charge < -0.3 is 20.4 Å². The van der Waals surface area contributed by atoms with Gasteiger partial charge in [-0.3, -0.25) is 19.2 Å². The normalized spacial score (nSPS) is 10.2. The summed E-state index contributed by atoms with van der Waals surface area (Å²) in [6, 6.07) is 0. The van der Waals surface area contributed by atoms with Crippen molar-refractivity contribution in [3.05, 3.63) is 0 Å². The van der Waals surface area contributed by atoms with Crippen molar-refractivity contribution in [3.63, 3.8) is 0 Å². The summed E-state index contributed by atoms with van der Waals surface area (Å²) in [5.41, 5.74) is 0. The third-order valence-corrected chi connectivity index (χ3v) is 5.06. The summed E-state index contributed by atoms with van der Waals surface area (Å²) in [4.78, 5) is 40.8. The average molecular weight is 461 g/mol. The molecule has 0 aliphatic rings. The van der Waals surface area contributed by atoms with Crippen LogP contribution in [0.4, 0.5) is 0 Å². The number of rotatable bonds is 22. The van der Waals surface area contributed by atoms with Crippen molar-refractivity contribution in [3.8, 4) is 0 Å². The van der Waals surface area contributed by atoms with Crippen molar-refractivity contribution >= 4 is 23.9 Å². The van der Waals surface area contributed by atoms with E-state index in [2.05, 4.69) is 0 Å². The van der Waals surface area contributed by atoms with Gasteiger partial charge in [-0.15, -0.1) is 0 Å². The molecule has 0 aromatic heterocycles. The van der Waals surface area contributed by atoms with E-state index in [-0.39, 0.29) is 12.8 Å². The number of hydrogen-bond donors (Lipinski definition) is 4. The largest absolute Gasteiger partial charge is 0.481 e. The van der Waals surface area contributed by atoms with Gasteiger partial charge in [-0.25, -0.2) is 0 Å². The van der Waals surface area contributed by atoms with Gasteiger partial charge in [-0.05, 0) is 25.7 Å². The summed E-state index contributed by atoms with van der Waals surface area (Å²) in [5, 5.41) is 33.6. The molecule has 0 atom stereocenters. The smallest absolute Gasteiger partial charge is 0.303 e. The molecule has 0 saturated carbocycles. The lowest BCUT2D eigenvalue weighted by Gasteiger charge is -2.01. The summed E-state index contributed by atoms with van der Waals surface area (Å²) < 4.78 is 0. The molecule has 0 aliphatic heterocycles. The van der Waals surface area contributed by atoms with Gasteiger partial charge in [0.15, 0.2) is 0 Å². The predicted molar refractivity (Wildman–Crippen MR) is 123 cm³/mol. The van der Waals surface area contributed by atoms with E-state index in [0.717, 1.165) is 77.0 Å². The summed E-state index contributed by atoms with van der Waals surface area (Å²) in [6.07, 6.45) is 17.1. The minimum Gasteiger partial charge on any atom is -0.481 e. The highest BCUT2D eigenvalue weighted by Crippen LogP contribution is 2.12. The fraction of sp³-hybridized carbons (Fsp3) is 0.833. The van der Waals surface area contributed by atoms with Crippen LogP contribution in [-0.4, -0.2) is 44.3 Å². The van der Waals surface area contributed by atoms with Crippen molar-refractivity contribution in [2.45, 2.75) is 128 Å². The van der Waals surface area contributed by atoms with Crippen LogP contribution in [0.25, 0.3) is 0 Å². The molecule has 188 valence electrons. The zero-order valence-electron chi connectivity index (χ0n) is 19.6. The van der Waals surface area contributed by atoms with Crippen molar-refractivity contribution in [2.24, 2.45) is 0 Å². The van der Waals surface area contributed by atoms with Gasteiger partial charge >= 0.3 is 23.9 Å². The second kappa shape index (κ2) is 25.1. The van der Waals surface area contributed by atoms with Gasteiger partial charge in [0.1, 0.15) is 0 Å². The summed E-state index contributed by atoms with van der Waals surface area (Å²) in [7, 11) is 0. The molecule has 0 heterocycles.